The summed E-state index contributed by atoms with van der Waals surface area (Å²) in [7, 11) is 4.09. The summed E-state index contributed by atoms with van der Waals surface area (Å²) in [4.78, 5) is 24.1. The van der Waals surface area contributed by atoms with E-state index in [-0.39, 0.29) is 11.8 Å². The number of rotatable bonds is 6. The smallest absolute Gasteiger partial charge is 0.167 e. The van der Waals surface area contributed by atoms with E-state index in [9.17, 15) is 4.79 Å². The summed E-state index contributed by atoms with van der Waals surface area (Å²) in [6, 6.07) is 18.6. The molecule has 1 aromatic carbocycles. The summed E-state index contributed by atoms with van der Waals surface area (Å²) in [6.07, 6.45) is 4.75. The fourth-order valence-corrected chi connectivity index (χ4v) is 5.11. The highest BCUT2D eigenvalue weighted by atomic mass is 32.1. The molecule has 166 valence electrons. The number of carbonyl (C=O) groups excluding carboxylic acids is 1. The molecule has 0 spiro atoms. The minimum Gasteiger partial charge on any atom is -0.378 e. The molecule has 3 heterocycles. The van der Waals surface area contributed by atoms with Gasteiger partial charge in [0.25, 0.3) is 0 Å². The summed E-state index contributed by atoms with van der Waals surface area (Å²) in [5, 5.41) is 2.13. The third-order valence-electron chi connectivity index (χ3n) is 6.08. The molecule has 1 aliphatic heterocycles. The van der Waals surface area contributed by atoms with Crippen molar-refractivity contribution in [2.24, 2.45) is 5.41 Å². The van der Waals surface area contributed by atoms with Gasteiger partial charge in [-0.2, -0.15) is 0 Å². The highest BCUT2D eigenvalue weighted by Crippen LogP contribution is 2.42. The van der Waals surface area contributed by atoms with Crippen LogP contribution in [-0.2, 0) is 11.2 Å². The van der Waals surface area contributed by atoms with Gasteiger partial charge in [0.1, 0.15) is 0 Å². The van der Waals surface area contributed by atoms with Crippen molar-refractivity contribution in [1.29, 1.82) is 0 Å². The Balaban J connectivity index is 1.77. The van der Waals surface area contributed by atoms with Crippen LogP contribution in [-0.4, -0.2) is 42.9 Å². The second-order valence-electron chi connectivity index (χ2n) is 9.26. The number of ketones is 1. The predicted molar refractivity (Wildman–Crippen MR) is 134 cm³/mol. The van der Waals surface area contributed by atoms with Gasteiger partial charge in [-0.1, -0.05) is 38.1 Å². The lowest BCUT2D eigenvalue weighted by atomic mass is 9.74. The number of hydrogen-bond acceptors (Lipinski definition) is 5. The van der Waals surface area contributed by atoms with Gasteiger partial charge in [-0.3, -0.25) is 14.7 Å². The van der Waals surface area contributed by atoms with Gasteiger partial charge < -0.3 is 4.90 Å². The number of aromatic nitrogens is 1. The second kappa shape index (κ2) is 9.39. The number of thiophene rings is 1. The van der Waals surface area contributed by atoms with Crippen molar-refractivity contribution >= 4 is 28.9 Å². The van der Waals surface area contributed by atoms with Gasteiger partial charge in [0.15, 0.2) is 5.78 Å². The lowest BCUT2D eigenvalue weighted by Gasteiger charge is -2.44. The van der Waals surface area contributed by atoms with E-state index in [1.54, 1.807) is 17.5 Å². The van der Waals surface area contributed by atoms with Crippen molar-refractivity contribution in [3.05, 3.63) is 87.9 Å². The Morgan fingerprint density at radius 2 is 1.91 bits per heavy atom. The zero-order chi connectivity index (χ0) is 22.7. The van der Waals surface area contributed by atoms with Crippen molar-refractivity contribution < 1.29 is 4.79 Å². The van der Waals surface area contributed by atoms with E-state index in [0.717, 1.165) is 42.0 Å². The van der Waals surface area contributed by atoms with Crippen LogP contribution in [0.2, 0.25) is 0 Å². The van der Waals surface area contributed by atoms with E-state index >= 15 is 0 Å². The van der Waals surface area contributed by atoms with Crippen molar-refractivity contribution in [2.45, 2.75) is 26.3 Å². The molecule has 0 bridgehead atoms. The largest absolute Gasteiger partial charge is 0.378 e. The van der Waals surface area contributed by atoms with Crippen LogP contribution in [0.15, 0.2) is 71.7 Å². The molecule has 0 aliphatic carbocycles. The maximum absolute atomic E-state index is 13.7. The maximum atomic E-state index is 13.7. The van der Waals surface area contributed by atoms with Crippen molar-refractivity contribution in [3.8, 4) is 0 Å². The number of nitrogens with zero attached hydrogens (tertiary/aromatic N) is 3. The standard InChI is InChI=1S/C27H31N3OS/c1-27(2)19-30(16-14-23-9-7-17-32-23)25(20-10-12-22(13-11-20)29(3)4)24(26(27)31)18-21-8-5-6-15-28-21/h5-13,15,17-18,25H,14,16,19H2,1-4H3/b24-18+. The Morgan fingerprint density at radius 3 is 2.53 bits per heavy atom. The number of carbonyl (C=O) groups is 1. The van der Waals surface area contributed by atoms with Gasteiger partial charge in [0, 0.05) is 54.9 Å². The number of piperidine rings is 1. The van der Waals surface area contributed by atoms with Crippen LogP contribution < -0.4 is 4.90 Å². The average molecular weight is 446 g/mol. The minimum atomic E-state index is -0.448. The SMILES string of the molecule is CN(C)c1ccc(C2/C(=C\c3ccccn3)C(=O)C(C)(C)CN2CCc2cccs2)cc1. The minimum absolute atomic E-state index is 0.0892. The van der Waals surface area contributed by atoms with Crippen LogP contribution in [0.4, 0.5) is 5.69 Å². The van der Waals surface area contributed by atoms with E-state index in [1.165, 1.54) is 4.88 Å². The number of likely N-dealkylation sites (tertiary alicyclic amines) is 1. The van der Waals surface area contributed by atoms with E-state index in [0.29, 0.717) is 0 Å². The third-order valence-corrected chi connectivity index (χ3v) is 7.01. The number of benzene rings is 1. The Bertz CT molecular complexity index is 1070. The van der Waals surface area contributed by atoms with Gasteiger partial charge in [-0.05, 0) is 53.8 Å². The van der Waals surface area contributed by atoms with Gasteiger partial charge >= 0.3 is 0 Å². The number of pyridine rings is 1. The molecule has 4 nitrogen and oxygen atoms in total. The van der Waals surface area contributed by atoms with Crippen molar-refractivity contribution in [2.75, 3.05) is 32.1 Å². The van der Waals surface area contributed by atoms with Gasteiger partial charge in [0.2, 0.25) is 0 Å². The van der Waals surface area contributed by atoms with Crippen LogP contribution in [0.25, 0.3) is 6.08 Å². The zero-order valence-electron chi connectivity index (χ0n) is 19.3. The van der Waals surface area contributed by atoms with Gasteiger partial charge in [-0.15, -0.1) is 11.3 Å². The van der Waals surface area contributed by atoms with Crippen LogP contribution in [0.5, 0.6) is 0 Å². The molecule has 0 N–H and O–H groups in total. The highest BCUT2D eigenvalue weighted by Gasteiger charge is 2.43. The van der Waals surface area contributed by atoms with Crippen LogP contribution in [0, 0.1) is 5.41 Å². The van der Waals surface area contributed by atoms with E-state index in [4.69, 9.17) is 0 Å². The molecule has 4 rings (SSSR count). The lowest BCUT2D eigenvalue weighted by Crippen LogP contribution is -2.49. The molecule has 1 fully saturated rings. The van der Waals surface area contributed by atoms with E-state index in [1.807, 2.05) is 38.4 Å². The highest BCUT2D eigenvalue weighted by molar-refractivity contribution is 7.09. The maximum Gasteiger partial charge on any atom is 0.167 e. The molecular formula is C27H31N3OS. The van der Waals surface area contributed by atoms with Crippen LogP contribution >= 0.6 is 11.3 Å². The monoisotopic (exact) mass is 445 g/mol. The Hall–Kier alpha value is -2.76. The molecule has 5 heteroatoms. The molecule has 0 saturated carbocycles. The zero-order valence-corrected chi connectivity index (χ0v) is 20.1. The first kappa shape index (κ1) is 22.4. The second-order valence-corrected chi connectivity index (χ2v) is 10.3. The topological polar surface area (TPSA) is 36.4 Å². The molecule has 1 atom stereocenters. The lowest BCUT2D eigenvalue weighted by molar-refractivity contribution is -0.128. The van der Waals surface area contributed by atoms with Crippen LogP contribution in [0.1, 0.15) is 36.0 Å². The van der Waals surface area contributed by atoms with Crippen LogP contribution in [0.3, 0.4) is 0 Å². The Labute approximate surface area is 195 Å². The Morgan fingerprint density at radius 1 is 1.12 bits per heavy atom. The number of anilines is 1. The molecule has 2 aromatic heterocycles. The average Bonchev–Trinajstić information content (AvgIpc) is 3.30. The Kier molecular flexibility index (Phi) is 6.58. The first-order chi connectivity index (χ1) is 15.3. The van der Waals surface area contributed by atoms with Gasteiger partial charge in [0.05, 0.1) is 11.7 Å². The van der Waals surface area contributed by atoms with Crippen molar-refractivity contribution in [1.82, 2.24) is 9.88 Å². The molecule has 0 radical (unpaired) electrons. The predicted octanol–water partition coefficient (Wildman–Crippen LogP) is 5.49. The fourth-order valence-electron chi connectivity index (χ4n) is 4.41. The molecule has 3 aromatic rings. The summed E-state index contributed by atoms with van der Waals surface area (Å²) in [6.45, 7) is 5.75. The third kappa shape index (κ3) is 4.84. The molecular weight excluding hydrogens is 414 g/mol. The number of hydrogen-bond donors (Lipinski definition) is 0. The first-order valence-electron chi connectivity index (χ1n) is 11.1. The number of Topliss-reactive ketones (excluding diaryl/α,β-unsaturated/α-hetero) is 1. The summed E-state index contributed by atoms with van der Waals surface area (Å²) in [5.41, 5.74) is 3.49. The molecule has 32 heavy (non-hydrogen) atoms. The molecule has 1 unspecified atom stereocenters. The molecule has 0 amide bonds. The van der Waals surface area contributed by atoms with Gasteiger partial charge in [-0.25, -0.2) is 0 Å². The first-order valence-corrected chi connectivity index (χ1v) is 11.9. The molecule has 1 saturated heterocycles. The summed E-state index contributed by atoms with van der Waals surface area (Å²) < 4.78 is 0. The fraction of sp³-hybridized carbons (Fsp3) is 0.333. The molecule has 1 aliphatic rings. The van der Waals surface area contributed by atoms with E-state index < -0.39 is 5.41 Å². The van der Waals surface area contributed by atoms with Crippen molar-refractivity contribution in [3.63, 3.8) is 0 Å². The van der Waals surface area contributed by atoms with E-state index in [2.05, 4.69) is 70.4 Å². The summed E-state index contributed by atoms with van der Waals surface area (Å²) in [5.74, 6) is 0.206. The normalized spacial score (nSPS) is 19.9. The summed E-state index contributed by atoms with van der Waals surface area (Å²) >= 11 is 1.79. The quantitative estimate of drug-likeness (QED) is 0.470.